The third-order valence-electron chi connectivity index (χ3n) is 5.29. The summed E-state index contributed by atoms with van der Waals surface area (Å²) in [6, 6.07) is 21.8. The van der Waals surface area contributed by atoms with Crippen LogP contribution in [0.2, 0.25) is 0 Å². The van der Waals surface area contributed by atoms with E-state index in [1.165, 1.54) is 17.7 Å². The van der Waals surface area contributed by atoms with Gasteiger partial charge in [-0.2, -0.15) is 0 Å². The minimum atomic E-state index is -0.453. The van der Waals surface area contributed by atoms with Gasteiger partial charge in [0.25, 0.3) is 11.6 Å². The predicted octanol–water partition coefficient (Wildman–Crippen LogP) is 5.93. The highest BCUT2D eigenvalue weighted by Crippen LogP contribution is 2.27. The summed E-state index contributed by atoms with van der Waals surface area (Å²) in [4.78, 5) is 28.5. The molecular formula is C25H21N3O3. The second kappa shape index (κ2) is 8.36. The van der Waals surface area contributed by atoms with Gasteiger partial charge < -0.3 is 5.32 Å². The molecule has 0 aliphatic heterocycles. The number of anilines is 1. The number of nitro benzene ring substituents is 1. The first-order valence-corrected chi connectivity index (χ1v) is 10.0. The molecule has 0 fully saturated rings. The molecule has 31 heavy (non-hydrogen) atoms. The van der Waals surface area contributed by atoms with Gasteiger partial charge in [0.2, 0.25) is 0 Å². The molecular weight excluding hydrogens is 390 g/mol. The quantitative estimate of drug-likeness (QED) is 0.326. The molecule has 1 amide bonds. The molecule has 4 aromatic rings. The first-order chi connectivity index (χ1) is 15.0. The number of hydrogen-bond acceptors (Lipinski definition) is 4. The largest absolute Gasteiger partial charge is 0.322 e. The van der Waals surface area contributed by atoms with Gasteiger partial charge in [0, 0.05) is 28.8 Å². The van der Waals surface area contributed by atoms with E-state index < -0.39 is 4.92 Å². The van der Waals surface area contributed by atoms with Crippen molar-refractivity contribution < 1.29 is 9.72 Å². The smallest absolute Gasteiger partial charge is 0.269 e. The molecule has 0 unspecified atom stereocenters. The van der Waals surface area contributed by atoms with Gasteiger partial charge in [-0.05, 0) is 42.7 Å². The lowest BCUT2D eigenvalue weighted by atomic mass is 10.0. The zero-order valence-electron chi connectivity index (χ0n) is 17.3. The van der Waals surface area contributed by atoms with Gasteiger partial charge in [-0.15, -0.1) is 0 Å². The highest BCUT2D eigenvalue weighted by atomic mass is 16.6. The highest BCUT2D eigenvalue weighted by Gasteiger charge is 2.16. The summed E-state index contributed by atoms with van der Waals surface area (Å²) in [6.45, 7) is 3.83. The van der Waals surface area contributed by atoms with E-state index in [1.54, 1.807) is 19.1 Å². The number of nitrogens with one attached hydrogen (secondary N) is 1. The molecule has 6 nitrogen and oxygen atoms in total. The SMILES string of the molecule is CCc1ccc(-c2cc(C(=O)Nc3ccc([N+](=O)[O-])cc3C)c3ccccc3n2)cc1. The van der Waals surface area contributed by atoms with Crippen LogP contribution >= 0.6 is 0 Å². The zero-order chi connectivity index (χ0) is 22.0. The average molecular weight is 411 g/mol. The van der Waals surface area contributed by atoms with Crippen molar-refractivity contribution >= 4 is 28.2 Å². The van der Waals surface area contributed by atoms with Gasteiger partial charge in [0.05, 0.1) is 21.7 Å². The molecule has 1 heterocycles. The molecule has 0 saturated carbocycles. The van der Waals surface area contributed by atoms with Crippen LogP contribution in [0.3, 0.4) is 0 Å². The van der Waals surface area contributed by atoms with Crippen molar-refractivity contribution in [3.05, 3.63) is 99.6 Å². The lowest BCUT2D eigenvalue weighted by molar-refractivity contribution is -0.384. The maximum Gasteiger partial charge on any atom is 0.269 e. The number of aryl methyl sites for hydroxylation is 2. The third-order valence-corrected chi connectivity index (χ3v) is 5.29. The summed E-state index contributed by atoms with van der Waals surface area (Å²) in [5.74, 6) is -0.290. The van der Waals surface area contributed by atoms with E-state index in [-0.39, 0.29) is 11.6 Å². The Morgan fingerprint density at radius 2 is 1.77 bits per heavy atom. The van der Waals surface area contributed by atoms with E-state index in [0.717, 1.165) is 22.9 Å². The summed E-state index contributed by atoms with van der Waals surface area (Å²) in [7, 11) is 0. The Kier molecular flexibility index (Phi) is 5.45. The van der Waals surface area contributed by atoms with Gasteiger partial charge in [0.1, 0.15) is 0 Å². The molecule has 1 N–H and O–H groups in total. The Morgan fingerprint density at radius 1 is 1.03 bits per heavy atom. The maximum atomic E-state index is 13.2. The number of amides is 1. The Bertz CT molecular complexity index is 1300. The van der Waals surface area contributed by atoms with Crippen molar-refractivity contribution in [3.8, 4) is 11.3 Å². The van der Waals surface area contributed by atoms with Crippen LogP contribution in [0.15, 0.2) is 72.8 Å². The maximum absolute atomic E-state index is 13.2. The van der Waals surface area contributed by atoms with E-state index in [2.05, 4.69) is 24.4 Å². The number of hydrogen-bond donors (Lipinski definition) is 1. The van der Waals surface area contributed by atoms with Crippen molar-refractivity contribution in [3.63, 3.8) is 0 Å². The minimum absolute atomic E-state index is 0.0114. The van der Waals surface area contributed by atoms with Crippen LogP contribution < -0.4 is 5.32 Å². The number of carbonyl (C=O) groups is 1. The summed E-state index contributed by atoms with van der Waals surface area (Å²) < 4.78 is 0. The summed E-state index contributed by atoms with van der Waals surface area (Å²) in [6.07, 6.45) is 0.952. The van der Waals surface area contributed by atoms with Crippen LogP contribution in [0.25, 0.3) is 22.2 Å². The average Bonchev–Trinajstić information content (AvgIpc) is 2.79. The van der Waals surface area contributed by atoms with Gasteiger partial charge in [-0.1, -0.05) is 49.4 Å². The molecule has 0 radical (unpaired) electrons. The predicted molar refractivity (Wildman–Crippen MR) is 122 cm³/mol. The molecule has 154 valence electrons. The van der Waals surface area contributed by atoms with E-state index in [9.17, 15) is 14.9 Å². The van der Waals surface area contributed by atoms with Crippen LogP contribution in [0, 0.1) is 17.0 Å². The number of non-ortho nitro benzene ring substituents is 1. The number of fused-ring (bicyclic) bond motifs is 1. The van der Waals surface area contributed by atoms with Crippen LogP contribution in [0.4, 0.5) is 11.4 Å². The molecule has 0 spiro atoms. The number of pyridine rings is 1. The second-order valence-electron chi connectivity index (χ2n) is 7.33. The summed E-state index contributed by atoms with van der Waals surface area (Å²) in [5, 5.41) is 14.6. The molecule has 0 saturated heterocycles. The standard InChI is InChI=1S/C25H21N3O3/c1-3-17-8-10-18(11-9-17)24-15-21(20-6-4-5-7-23(20)26-24)25(29)27-22-13-12-19(28(30)31)14-16(22)2/h4-15H,3H2,1-2H3,(H,27,29). The molecule has 1 aromatic heterocycles. The Morgan fingerprint density at radius 3 is 2.45 bits per heavy atom. The number of para-hydroxylation sites is 1. The molecule has 0 bridgehead atoms. The number of benzene rings is 3. The lowest BCUT2D eigenvalue weighted by Gasteiger charge is -2.12. The van der Waals surface area contributed by atoms with E-state index in [4.69, 9.17) is 4.98 Å². The van der Waals surface area contributed by atoms with Crippen LogP contribution in [0.5, 0.6) is 0 Å². The van der Waals surface area contributed by atoms with Gasteiger partial charge >= 0.3 is 0 Å². The Labute approximate surface area is 179 Å². The fraction of sp³-hybridized carbons (Fsp3) is 0.120. The van der Waals surface area contributed by atoms with Crippen molar-refractivity contribution in [2.45, 2.75) is 20.3 Å². The zero-order valence-corrected chi connectivity index (χ0v) is 17.3. The molecule has 3 aromatic carbocycles. The topological polar surface area (TPSA) is 85.1 Å². The van der Waals surface area contributed by atoms with Gasteiger partial charge in [0.15, 0.2) is 0 Å². The molecule has 6 heteroatoms. The van der Waals surface area contributed by atoms with Gasteiger partial charge in [-0.3, -0.25) is 14.9 Å². The second-order valence-corrected chi connectivity index (χ2v) is 7.33. The lowest BCUT2D eigenvalue weighted by Crippen LogP contribution is -2.14. The van der Waals surface area contributed by atoms with Crippen molar-refractivity contribution in [1.82, 2.24) is 4.98 Å². The number of nitrogens with zero attached hydrogens (tertiary/aromatic N) is 2. The van der Waals surface area contributed by atoms with Crippen LogP contribution in [0.1, 0.15) is 28.4 Å². The van der Waals surface area contributed by atoms with Crippen molar-refractivity contribution in [1.29, 1.82) is 0 Å². The fourth-order valence-corrected chi connectivity index (χ4v) is 3.51. The van der Waals surface area contributed by atoms with Crippen LogP contribution in [-0.2, 0) is 6.42 Å². The number of carbonyl (C=O) groups excluding carboxylic acids is 1. The van der Waals surface area contributed by atoms with E-state index >= 15 is 0 Å². The Hall–Kier alpha value is -4.06. The first kappa shape index (κ1) is 20.2. The number of rotatable bonds is 5. The molecule has 0 aliphatic rings. The third kappa shape index (κ3) is 4.14. The fourth-order valence-electron chi connectivity index (χ4n) is 3.51. The van der Waals surface area contributed by atoms with E-state index in [1.807, 2.05) is 36.4 Å². The van der Waals surface area contributed by atoms with Crippen molar-refractivity contribution in [2.75, 3.05) is 5.32 Å². The van der Waals surface area contributed by atoms with Gasteiger partial charge in [-0.25, -0.2) is 4.98 Å². The normalized spacial score (nSPS) is 10.8. The minimum Gasteiger partial charge on any atom is -0.322 e. The van der Waals surface area contributed by atoms with E-state index in [0.29, 0.717) is 22.5 Å². The van der Waals surface area contributed by atoms with Crippen molar-refractivity contribution in [2.24, 2.45) is 0 Å². The monoisotopic (exact) mass is 411 g/mol. The Balaban J connectivity index is 1.75. The summed E-state index contributed by atoms with van der Waals surface area (Å²) >= 11 is 0. The molecule has 0 aliphatic carbocycles. The number of aromatic nitrogens is 1. The first-order valence-electron chi connectivity index (χ1n) is 10.0. The highest BCUT2D eigenvalue weighted by molar-refractivity contribution is 6.13. The molecule has 4 rings (SSSR count). The number of nitro groups is 1. The molecule has 0 atom stereocenters. The van der Waals surface area contributed by atoms with Crippen LogP contribution in [-0.4, -0.2) is 15.8 Å². The summed E-state index contributed by atoms with van der Waals surface area (Å²) in [5.41, 5.74) is 5.25.